The fourth-order valence-electron chi connectivity index (χ4n) is 2.27. The molecule has 2 aliphatic rings. The lowest BCUT2D eigenvalue weighted by atomic mass is 9.85. The van der Waals surface area contributed by atoms with Crippen LogP contribution in [0, 0.1) is 5.92 Å². The Morgan fingerprint density at radius 2 is 2.29 bits per heavy atom. The Balaban J connectivity index is 2.21. The highest BCUT2D eigenvalue weighted by Gasteiger charge is 2.53. The molecule has 5 heteroatoms. The van der Waals surface area contributed by atoms with E-state index in [4.69, 9.17) is 4.74 Å². The molecule has 0 aromatic rings. The fraction of sp³-hybridized carbons (Fsp3) is 0.889. The van der Waals surface area contributed by atoms with Gasteiger partial charge in [-0.05, 0) is 18.6 Å². The molecule has 2 aliphatic heterocycles. The number of carbonyl (C=O) groups is 1. The number of hydrogen-bond acceptors (Lipinski definition) is 4. The maximum Gasteiger partial charge on any atom is 0.320 e. The number of aliphatic hydroxyl groups excluding tert-OH is 1. The number of thioether (sulfide) groups is 1. The van der Waals surface area contributed by atoms with Gasteiger partial charge in [0.2, 0.25) is 0 Å². The van der Waals surface area contributed by atoms with Gasteiger partial charge in [0, 0.05) is 5.92 Å². The first-order chi connectivity index (χ1) is 6.67. The minimum atomic E-state index is -0.797. The first-order valence-corrected chi connectivity index (χ1v) is 5.78. The van der Waals surface area contributed by atoms with Gasteiger partial charge in [0.15, 0.2) is 0 Å². The van der Waals surface area contributed by atoms with Crippen LogP contribution in [0.2, 0.25) is 0 Å². The zero-order valence-electron chi connectivity index (χ0n) is 7.81. The maximum atomic E-state index is 11.3. The molecular formula is C9H14O4S. The molecule has 3 atom stereocenters. The second-order valence-corrected chi connectivity index (χ2v) is 5.28. The van der Waals surface area contributed by atoms with Gasteiger partial charge >= 0.3 is 5.97 Å². The second kappa shape index (κ2) is 3.72. The van der Waals surface area contributed by atoms with E-state index in [-0.39, 0.29) is 12.5 Å². The lowest BCUT2D eigenvalue weighted by molar-refractivity contribution is -0.142. The fourth-order valence-corrected chi connectivity index (χ4v) is 3.77. The molecule has 0 aromatic heterocycles. The van der Waals surface area contributed by atoms with Crippen LogP contribution in [0.4, 0.5) is 0 Å². The van der Waals surface area contributed by atoms with E-state index >= 15 is 0 Å². The summed E-state index contributed by atoms with van der Waals surface area (Å²) in [6, 6.07) is 0. The Hall–Kier alpha value is -0.260. The third kappa shape index (κ3) is 1.43. The first kappa shape index (κ1) is 10.3. The van der Waals surface area contributed by atoms with Crippen LogP contribution in [-0.2, 0) is 9.53 Å². The number of carboxylic acid groups (broad SMARTS) is 1. The van der Waals surface area contributed by atoms with Crippen LogP contribution in [0.5, 0.6) is 0 Å². The molecule has 0 bridgehead atoms. The Morgan fingerprint density at radius 1 is 1.50 bits per heavy atom. The van der Waals surface area contributed by atoms with Gasteiger partial charge in [-0.1, -0.05) is 0 Å². The summed E-state index contributed by atoms with van der Waals surface area (Å²) in [6.07, 6.45) is 0.954. The molecule has 0 spiro atoms. The molecule has 2 N–H and O–H groups in total. The second-order valence-electron chi connectivity index (χ2n) is 3.86. The molecule has 2 heterocycles. The Kier molecular flexibility index (Phi) is 2.72. The molecule has 0 aliphatic carbocycles. The van der Waals surface area contributed by atoms with Crippen molar-refractivity contribution in [3.05, 3.63) is 0 Å². The molecule has 2 rings (SSSR count). The Bertz CT molecular complexity index is 237. The van der Waals surface area contributed by atoms with E-state index in [1.165, 1.54) is 11.8 Å². The summed E-state index contributed by atoms with van der Waals surface area (Å²) < 4.78 is 4.33. The van der Waals surface area contributed by atoms with Crippen LogP contribution >= 0.6 is 11.8 Å². The van der Waals surface area contributed by atoms with Crippen LogP contribution in [0.3, 0.4) is 0 Å². The number of aliphatic hydroxyl groups is 1. The van der Waals surface area contributed by atoms with E-state index in [1.54, 1.807) is 0 Å². The van der Waals surface area contributed by atoms with Gasteiger partial charge in [0.25, 0.3) is 0 Å². The molecule has 0 radical (unpaired) electrons. The third-order valence-corrected chi connectivity index (χ3v) is 4.75. The van der Waals surface area contributed by atoms with Crippen molar-refractivity contribution in [2.75, 3.05) is 19.0 Å². The number of aliphatic carboxylic acids is 1. The lowest BCUT2D eigenvalue weighted by Gasteiger charge is -2.30. The molecule has 80 valence electrons. The van der Waals surface area contributed by atoms with Gasteiger partial charge in [0.1, 0.15) is 4.75 Å². The highest BCUT2D eigenvalue weighted by atomic mass is 32.2. The number of carboxylic acids is 1. The van der Waals surface area contributed by atoms with Crippen molar-refractivity contribution in [2.24, 2.45) is 5.92 Å². The predicted molar refractivity (Wildman–Crippen MR) is 52.4 cm³/mol. The molecule has 4 nitrogen and oxygen atoms in total. The average Bonchev–Trinajstić information content (AvgIpc) is 2.72. The standard InChI is InChI=1S/C9H14O4S/c10-7-5-13-4-6(7)9(8(11)12)2-1-3-14-9/h6-7,10H,1-5H2,(H,11,12). The van der Waals surface area contributed by atoms with Gasteiger partial charge in [-0.15, -0.1) is 11.8 Å². The summed E-state index contributed by atoms with van der Waals surface area (Å²) in [4.78, 5) is 11.3. The van der Waals surface area contributed by atoms with E-state index < -0.39 is 16.8 Å². The summed E-state index contributed by atoms with van der Waals surface area (Å²) in [7, 11) is 0. The molecule has 0 amide bonds. The van der Waals surface area contributed by atoms with Gasteiger partial charge < -0.3 is 14.9 Å². The van der Waals surface area contributed by atoms with Crippen molar-refractivity contribution in [3.63, 3.8) is 0 Å². The summed E-state index contributed by atoms with van der Waals surface area (Å²) >= 11 is 1.46. The first-order valence-electron chi connectivity index (χ1n) is 4.80. The number of rotatable bonds is 2. The zero-order valence-corrected chi connectivity index (χ0v) is 8.63. The molecule has 2 fully saturated rings. The highest BCUT2D eigenvalue weighted by Crippen LogP contribution is 2.46. The predicted octanol–water partition coefficient (Wildman–Crippen LogP) is 0.344. The molecule has 14 heavy (non-hydrogen) atoms. The summed E-state index contributed by atoms with van der Waals surface area (Å²) in [6.45, 7) is 0.653. The molecule has 0 saturated carbocycles. The average molecular weight is 218 g/mol. The van der Waals surface area contributed by atoms with E-state index in [1.807, 2.05) is 0 Å². The topological polar surface area (TPSA) is 66.8 Å². The van der Waals surface area contributed by atoms with Crippen molar-refractivity contribution in [2.45, 2.75) is 23.7 Å². The van der Waals surface area contributed by atoms with Crippen molar-refractivity contribution in [1.29, 1.82) is 0 Å². The largest absolute Gasteiger partial charge is 0.480 e. The van der Waals surface area contributed by atoms with E-state index in [0.717, 1.165) is 12.2 Å². The van der Waals surface area contributed by atoms with Crippen molar-refractivity contribution in [3.8, 4) is 0 Å². The van der Waals surface area contributed by atoms with Gasteiger partial charge in [-0.3, -0.25) is 4.79 Å². The van der Waals surface area contributed by atoms with Crippen LogP contribution in [0.25, 0.3) is 0 Å². The number of ether oxygens (including phenoxy) is 1. The smallest absolute Gasteiger partial charge is 0.320 e. The normalized spacial score (nSPS) is 42.9. The van der Waals surface area contributed by atoms with Crippen molar-refractivity contribution >= 4 is 17.7 Å². The van der Waals surface area contributed by atoms with Crippen LogP contribution in [0.1, 0.15) is 12.8 Å². The highest BCUT2D eigenvalue weighted by molar-refractivity contribution is 8.01. The van der Waals surface area contributed by atoms with E-state index in [9.17, 15) is 15.0 Å². The number of hydrogen-bond donors (Lipinski definition) is 2. The van der Waals surface area contributed by atoms with Crippen LogP contribution < -0.4 is 0 Å². The molecular weight excluding hydrogens is 204 g/mol. The minimum absolute atomic E-state index is 0.243. The van der Waals surface area contributed by atoms with Crippen LogP contribution in [-0.4, -0.2) is 46.0 Å². The van der Waals surface area contributed by atoms with Crippen LogP contribution in [0.15, 0.2) is 0 Å². The molecule has 3 unspecified atom stereocenters. The van der Waals surface area contributed by atoms with Gasteiger partial charge in [0.05, 0.1) is 19.3 Å². The summed E-state index contributed by atoms with van der Waals surface area (Å²) in [5.41, 5.74) is 0. The third-order valence-electron chi connectivity index (χ3n) is 3.06. The van der Waals surface area contributed by atoms with E-state index in [0.29, 0.717) is 13.0 Å². The van der Waals surface area contributed by atoms with Crippen molar-refractivity contribution in [1.82, 2.24) is 0 Å². The lowest BCUT2D eigenvalue weighted by Crippen LogP contribution is -2.45. The van der Waals surface area contributed by atoms with Gasteiger partial charge in [-0.2, -0.15) is 0 Å². The van der Waals surface area contributed by atoms with E-state index in [2.05, 4.69) is 0 Å². The van der Waals surface area contributed by atoms with Crippen molar-refractivity contribution < 1.29 is 19.7 Å². The monoisotopic (exact) mass is 218 g/mol. The SMILES string of the molecule is O=C(O)C1(C2COCC2O)CCCS1. The maximum absolute atomic E-state index is 11.3. The molecule has 0 aromatic carbocycles. The Morgan fingerprint density at radius 3 is 2.71 bits per heavy atom. The summed E-state index contributed by atoms with van der Waals surface area (Å²) in [5.74, 6) is -0.169. The quantitative estimate of drug-likeness (QED) is 0.700. The minimum Gasteiger partial charge on any atom is -0.480 e. The Labute approximate surface area is 86.6 Å². The zero-order chi connectivity index (χ0) is 10.2. The summed E-state index contributed by atoms with van der Waals surface area (Å²) in [5, 5.41) is 18.9. The van der Waals surface area contributed by atoms with Gasteiger partial charge in [-0.25, -0.2) is 0 Å². The molecule has 2 saturated heterocycles.